The molecule has 5 nitrogen and oxygen atoms in total. The van der Waals surface area contributed by atoms with Crippen molar-refractivity contribution in [2.24, 2.45) is 5.73 Å². The Morgan fingerprint density at radius 2 is 2.38 bits per heavy atom. The Kier molecular flexibility index (Phi) is 6.87. The highest BCUT2D eigenvalue weighted by Gasteiger charge is 2.24. The van der Waals surface area contributed by atoms with E-state index in [0.29, 0.717) is 24.3 Å². The second-order valence-electron chi connectivity index (χ2n) is 4.80. The van der Waals surface area contributed by atoms with Crippen molar-refractivity contribution in [3.63, 3.8) is 0 Å². The molecule has 21 heavy (non-hydrogen) atoms. The number of ether oxygens (including phenoxy) is 2. The molecule has 1 amide bonds. The van der Waals surface area contributed by atoms with Crippen LogP contribution in [0.1, 0.15) is 24.4 Å². The fourth-order valence-electron chi connectivity index (χ4n) is 2.23. The number of carbonyl (C=O) groups excluding carboxylic acids is 1. The lowest BCUT2D eigenvalue weighted by Crippen LogP contribution is -2.44. The number of hydrogen-bond acceptors (Lipinski definition) is 4. The van der Waals surface area contributed by atoms with Gasteiger partial charge in [0.15, 0.2) is 0 Å². The van der Waals surface area contributed by atoms with Crippen LogP contribution in [0.3, 0.4) is 0 Å². The van der Waals surface area contributed by atoms with Crippen LogP contribution in [0.2, 0.25) is 0 Å². The van der Waals surface area contributed by atoms with Crippen molar-refractivity contribution >= 4 is 18.3 Å². The van der Waals surface area contributed by atoms with Gasteiger partial charge in [-0.05, 0) is 31.0 Å². The molecule has 2 rings (SSSR count). The summed E-state index contributed by atoms with van der Waals surface area (Å²) < 4.78 is 23.8. The van der Waals surface area contributed by atoms with E-state index >= 15 is 0 Å². The molecule has 0 fully saturated rings. The van der Waals surface area contributed by atoms with Gasteiger partial charge in [-0.2, -0.15) is 0 Å². The minimum absolute atomic E-state index is 0. The van der Waals surface area contributed by atoms with Crippen molar-refractivity contribution in [2.75, 3.05) is 20.3 Å². The van der Waals surface area contributed by atoms with Crippen molar-refractivity contribution in [1.82, 2.24) is 5.32 Å². The highest BCUT2D eigenvalue weighted by molar-refractivity contribution is 5.85. The number of rotatable bonds is 4. The van der Waals surface area contributed by atoms with Crippen molar-refractivity contribution in [1.29, 1.82) is 0 Å². The highest BCUT2D eigenvalue weighted by atomic mass is 35.5. The van der Waals surface area contributed by atoms with E-state index in [1.807, 2.05) is 0 Å². The second kappa shape index (κ2) is 8.17. The molecule has 0 radical (unpaired) electrons. The van der Waals surface area contributed by atoms with Gasteiger partial charge in [-0.25, -0.2) is 4.39 Å². The molecule has 1 aromatic rings. The van der Waals surface area contributed by atoms with Crippen LogP contribution in [0.5, 0.6) is 5.75 Å². The molecule has 0 aliphatic carbocycles. The summed E-state index contributed by atoms with van der Waals surface area (Å²) in [6, 6.07) is 3.30. The van der Waals surface area contributed by atoms with Crippen LogP contribution in [0.4, 0.5) is 4.39 Å². The maximum Gasteiger partial charge on any atom is 0.239 e. The first-order valence-corrected chi connectivity index (χ1v) is 6.59. The van der Waals surface area contributed by atoms with Crippen LogP contribution in [0, 0.1) is 5.82 Å². The molecule has 1 aliphatic rings. The van der Waals surface area contributed by atoms with Crippen LogP contribution in [0.25, 0.3) is 0 Å². The van der Waals surface area contributed by atoms with Crippen molar-refractivity contribution in [3.05, 3.63) is 29.6 Å². The minimum Gasteiger partial charge on any atom is -0.493 e. The number of fused-ring (bicyclic) bond motifs is 1. The fourth-order valence-corrected chi connectivity index (χ4v) is 2.23. The third-order valence-corrected chi connectivity index (χ3v) is 3.24. The van der Waals surface area contributed by atoms with Gasteiger partial charge in [0.2, 0.25) is 5.91 Å². The monoisotopic (exact) mass is 318 g/mol. The maximum absolute atomic E-state index is 13.4. The lowest BCUT2D eigenvalue weighted by atomic mass is 10.0. The summed E-state index contributed by atoms with van der Waals surface area (Å²) in [5, 5.41) is 2.84. The van der Waals surface area contributed by atoms with Gasteiger partial charge in [-0.1, -0.05) is 0 Å². The Labute approximate surface area is 129 Å². The van der Waals surface area contributed by atoms with Gasteiger partial charge in [0, 0.05) is 12.7 Å². The molecule has 118 valence electrons. The predicted octanol–water partition coefficient (Wildman–Crippen LogP) is 1.55. The Bertz CT molecular complexity index is 487. The Hall–Kier alpha value is -1.37. The summed E-state index contributed by atoms with van der Waals surface area (Å²) in [7, 11) is 1.48. The standard InChI is InChI=1S/C14H19FN2O3.ClH/c1-19-8-11(16)14(18)17-12-3-2-6-20-13-5-4-9(15)7-10(12)13;/h4-5,7,11-12H,2-3,6,8,16H2,1H3,(H,17,18);1H. The Morgan fingerprint density at radius 1 is 1.62 bits per heavy atom. The number of halogens is 2. The van der Waals surface area contributed by atoms with Crippen molar-refractivity contribution < 1.29 is 18.7 Å². The van der Waals surface area contributed by atoms with E-state index in [0.717, 1.165) is 6.42 Å². The fraction of sp³-hybridized carbons (Fsp3) is 0.500. The van der Waals surface area contributed by atoms with Crippen LogP contribution in [0.15, 0.2) is 18.2 Å². The molecule has 7 heteroatoms. The first-order chi connectivity index (χ1) is 9.61. The Balaban J connectivity index is 0.00000220. The average molecular weight is 319 g/mol. The number of nitrogens with two attached hydrogens (primary N) is 1. The summed E-state index contributed by atoms with van der Waals surface area (Å²) in [5.41, 5.74) is 6.34. The van der Waals surface area contributed by atoms with E-state index in [4.69, 9.17) is 15.2 Å². The topological polar surface area (TPSA) is 73.6 Å². The van der Waals surface area contributed by atoms with Gasteiger partial charge >= 0.3 is 0 Å². The second-order valence-corrected chi connectivity index (χ2v) is 4.80. The van der Waals surface area contributed by atoms with E-state index in [9.17, 15) is 9.18 Å². The molecule has 1 aromatic carbocycles. The molecule has 0 saturated heterocycles. The quantitative estimate of drug-likeness (QED) is 0.883. The van der Waals surface area contributed by atoms with Gasteiger partial charge in [0.05, 0.1) is 19.3 Å². The van der Waals surface area contributed by atoms with Crippen molar-refractivity contribution in [2.45, 2.75) is 24.9 Å². The van der Waals surface area contributed by atoms with E-state index in [-0.39, 0.29) is 36.8 Å². The molecule has 1 aliphatic heterocycles. The summed E-state index contributed by atoms with van der Waals surface area (Å²) in [6.45, 7) is 0.695. The minimum atomic E-state index is -0.735. The molecule has 0 saturated carbocycles. The number of benzene rings is 1. The van der Waals surface area contributed by atoms with Crippen LogP contribution >= 0.6 is 12.4 Å². The molecule has 0 aromatic heterocycles. The third-order valence-electron chi connectivity index (χ3n) is 3.24. The summed E-state index contributed by atoms with van der Waals surface area (Å²) in [6.07, 6.45) is 1.46. The SMILES string of the molecule is COCC(N)C(=O)NC1CCCOc2ccc(F)cc21.Cl. The Morgan fingerprint density at radius 3 is 3.10 bits per heavy atom. The maximum atomic E-state index is 13.4. The van der Waals surface area contributed by atoms with Gasteiger partial charge in [-0.3, -0.25) is 4.79 Å². The van der Waals surface area contributed by atoms with Gasteiger partial charge in [0.25, 0.3) is 0 Å². The lowest BCUT2D eigenvalue weighted by molar-refractivity contribution is -0.124. The van der Waals surface area contributed by atoms with Crippen molar-refractivity contribution in [3.8, 4) is 5.75 Å². The largest absolute Gasteiger partial charge is 0.493 e. The zero-order valence-corrected chi connectivity index (χ0v) is 12.6. The molecule has 2 unspecified atom stereocenters. The number of methoxy groups -OCH3 is 1. The molecular weight excluding hydrogens is 299 g/mol. The first kappa shape index (κ1) is 17.7. The van der Waals surface area contributed by atoms with Gasteiger partial charge in [0.1, 0.15) is 17.6 Å². The zero-order chi connectivity index (χ0) is 14.5. The summed E-state index contributed by atoms with van der Waals surface area (Å²) in [4.78, 5) is 12.0. The third kappa shape index (κ3) is 4.56. The molecule has 0 spiro atoms. The van der Waals surface area contributed by atoms with Crippen LogP contribution in [-0.2, 0) is 9.53 Å². The molecule has 0 bridgehead atoms. The number of amides is 1. The smallest absolute Gasteiger partial charge is 0.239 e. The van der Waals surface area contributed by atoms with E-state index in [1.165, 1.54) is 19.2 Å². The number of hydrogen-bond donors (Lipinski definition) is 2. The van der Waals surface area contributed by atoms with Gasteiger partial charge < -0.3 is 20.5 Å². The van der Waals surface area contributed by atoms with E-state index in [2.05, 4.69) is 5.32 Å². The molecular formula is C14H20ClFN2O3. The normalized spacial score (nSPS) is 18.5. The van der Waals surface area contributed by atoms with E-state index in [1.54, 1.807) is 6.07 Å². The number of carbonyl (C=O) groups is 1. The molecule has 2 atom stereocenters. The average Bonchev–Trinajstić information content (AvgIpc) is 2.61. The zero-order valence-electron chi connectivity index (χ0n) is 11.8. The van der Waals surface area contributed by atoms with Crippen LogP contribution in [-0.4, -0.2) is 32.3 Å². The van der Waals surface area contributed by atoms with Crippen LogP contribution < -0.4 is 15.8 Å². The highest BCUT2D eigenvalue weighted by Crippen LogP contribution is 2.32. The predicted molar refractivity (Wildman–Crippen MR) is 79.1 cm³/mol. The van der Waals surface area contributed by atoms with Gasteiger partial charge in [-0.15, -0.1) is 12.4 Å². The lowest BCUT2D eigenvalue weighted by Gasteiger charge is -2.20. The summed E-state index contributed by atoms with van der Waals surface area (Å²) in [5.74, 6) is -0.0573. The number of nitrogens with one attached hydrogen (secondary N) is 1. The molecule has 3 N–H and O–H groups in total. The summed E-state index contributed by atoms with van der Waals surface area (Å²) >= 11 is 0. The first-order valence-electron chi connectivity index (χ1n) is 6.59. The van der Waals surface area contributed by atoms with E-state index < -0.39 is 6.04 Å². The molecule has 1 heterocycles.